The first kappa shape index (κ1) is 21.5. The van der Waals surface area contributed by atoms with E-state index in [1.807, 2.05) is 0 Å². The number of ether oxygens (including phenoxy) is 4. The lowest BCUT2D eigenvalue weighted by Gasteiger charge is -2.21. The molecular weight excluding hydrogens is 336 g/mol. The maximum atomic E-state index is 11.8. The number of esters is 2. The largest absolute Gasteiger partial charge is 0.478 e. The zero-order valence-electron chi connectivity index (χ0n) is 16.4. The zero-order chi connectivity index (χ0) is 20.0. The third-order valence-electron chi connectivity index (χ3n) is 2.73. The second-order valence-corrected chi connectivity index (χ2v) is 7.66. The fourth-order valence-electron chi connectivity index (χ4n) is 1.90. The summed E-state index contributed by atoms with van der Waals surface area (Å²) in [6, 6.07) is 5.07. The highest BCUT2D eigenvalue weighted by molar-refractivity contribution is 5.72. The highest BCUT2D eigenvalue weighted by atomic mass is 16.6. The molecule has 26 heavy (non-hydrogen) atoms. The summed E-state index contributed by atoms with van der Waals surface area (Å²) in [5, 5.41) is 0. The Morgan fingerprint density at radius 3 is 1.77 bits per heavy atom. The highest BCUT2D eigenvalue weighted by Gasteiger charge is 2.19. The molecule has 0 amide bonds. The average Bonchev–Trinajstić information content (AvgIpc) is 2.47. The Balaban J connectivity index is 2.78. The van der Waals surface area contributed by atoms with Gasteiger partial charge in [0.15, 0.2) is 24.7 Å². The van der Waals surface area contributed by atoms with E-state index in [9.17, 15) is 9.59 Å². The van der Waals surface area contributed by atoms with Crippen LogP contribution in [0.1, 0.15) is 47.1 Å². The summed E-state index contributed by atoms with van der Waals surface area (Å²) in [5.41, 5.74) is -0.406. The molecule has 1 aromatic rings. The summed E-state index contributed by atoms with van der Waals surface area (Å²) in [7, 11) is 0. The molecule has 0 bridgehead atoms. The number of hydrogen-bond donors (Lipinski definition) is 0. The van der Waals surface area contributed by atoms with Crippen LogP contribution in [0.2, 0.25) is 0 Å². The fourth-order valence-corrected chi connectivity index (χ4v) is 1.90. The highest BCUT2D eigenvalue weighted by Crippen LogP contribution is 2.29. The van der Waals surface area contributed by atoms with Gasteiger partial charge in [-0.3, -0.25) is 0 Å². The standard InChI is InChI=1S/C20H28O6/c1-8-14-9-10-15(23-12-17(21)25-19(2,3)4)16(11-14)24-13-18(22)26-20(5,6)7/h8-11H,1,12-13H2,2-7H3. The van der Waals surface area contributed by atoms with Gasteiger partial charge in [0.1, 0.15) is 11.2 Å². The van der Waals surface area contributed by atoms with Crippen molar-refractivity contribution in [1.82, 2.24) is 0 Å². The van der Waals surface area contributed by atoms with Crippen molar-refractivity contribution in [2.75, 3.05) is 13.2 Å². The molecule has 0 aromatic heterocycles. The fraction of sp³-hybridized carbons (Fsp3) is 0.500. The van der Waals surface area contributed by atoms with Crippen LogP contribution < -0.4 is 9.47 Å². The van der Waals surface area contributed by atoms with Crippen molar-refractivity contribution in [3.8, 4) is 11.5 Å². The Hall–Kier alpha value is -2.50. The first-order chi connectivity index (χ1) is 11.9. The van der Waals surface area contributed by atoms with Gasteiger partial charge in [0, 0.05) is 0 Å². The molecule has 0 aliphatic rings. The Bertz CT molecular complexity index is 649. The van der Waals surface area contributed by atoms with Crippen LogP contribution in [0.25, 0.3) is 6.08 Å². The van der Waals surface area contributed by atoms with E-state index in [4.69, 9.17) is 18.9 Å². The van der Waals surface area contributed by atoms with Gasteiger partial charge in [-0.05, 0) is 59.2 Å². The number of carbonyl (C=O) groups excluding carboxylic acids is 2. The summed E-state index contributed by atoms with van der Waals surface area (Å²) in [6.45, 7) is 13.8. The lowest BCUT2D eigenvalue weighted by Crippen LogP contribution is -2.28. The number of hydrogen-bond acceptors (Lipinski definition) is 6. The molecular formula is C20H28O6. The lowest BCUT2D eigenvalue weighted by molar-refractivity contribution is -0.158. The molecule has 0 aliphatic heterocycles. The van der Waals surface area contributed by atoms with Crippen LogP contribution in [0.4, 0.5) is 0 Å². The Kier molecular flexibility index (Phi) is 7.24. The second-order valence-electron chi connectivity index (χ2n) is 7.66. The van der Waals surface area contributed by atoms with Gasteiger partial charge in [0.2, 0.25) is 0 Å². The van der Waals surface area contributed by atoms with Crippen LogP contribution in [0.5, 0.6) is 11.5 Å². The molecule has 144 valence electrons. The van der Waals surface area contributed by atoms with E-state index in [1.165, 1.54) is 0 Å². The molecule has 0 spiro atoms. The quantitative estimate of drug-likeness (QED) is 0.686. The van der Waals surface area contributed by atoms with E-state index in [0.717, 1.165) is 5.56 Å². The number of benzene rings is 1. The van der Waals surface area contributed by atoms with E-state index < -0.39 is 23.1 Å². The third-order valence-corrected chi connectivity index (χ3v) is 2.73. The van der Waals surface area contributed by atoms with Crippen molar-refractivity contribution in [3.63, 3.8) is 0 Å². The minimum atomic E-state index is -0.598. The van der Waals surface area contributed by atoms with Gasteiger partial charge in [0.25, 0.3) is 0 Å². The van der Waals surface area contributed by atoms with E-state index >= 15 is 0 Å². The number of rotatable bonds is 7. The minimum Gasteiger partial charge on any atom is -0.478 e. The van der Waals surface area contributed by atoms with Gasteiger partial charge in [-0.2, -0.15) is 0 Å². The molecule has 0 unspecified atom stereocenters. The van der Waals surface area contributed by atoms with E-state index in [2.05, 4.69) is 6.58 Å². The zero-order valence-corrected chi connectivity index (χ0v) is 16.4. The van der Waals surface area contributed by atoms with Crippen LogP contribution in [-0.4, -0.2) is 36.4 Å². The normalized spacial score (nSPS) is 11.5. The van der Waals surface area contributed by atoms with Gasteiger partial charge in [-0.1, -0.05) is 18.7 Å². The molecule has 0 saturated carbocycles. The minimum absolute atomic E-state index is 0.270. The Morgan fingerprint density at radius 2 is 1.35 bits per heavy atom. The monoisotopic (exact) mass is 364 g/mol. The number of carbonyl (C=O) groups is 2. The van der Waals surface area contributed by atoms with Crippen molar-refractivity contribution in [1.29, 1.82) is 0 Å². The summed E-state index contributed by atoms with van der Waals surface area (Å²) < 4.78 is 21.4. The first-order valence-corrected chi connectivity index (χ1v) is 8.35. The molecule has 0 heterocycles. The van der Waals surface area contributed by atoms with E-state index in [-0.39, 0.29) is 13.2 Å². The SMILES string of the molecule is C=Cc1ccc(OCC(=O)OC(C)(C)C)c(OCC(=O)OC(C)(C)C)c1. The van der Waals surface area contributed by atoms with Gasteiger partial charge in [-0.25, -0.2) is 9.59 Å². The predicted molar refractivity (Wildman–Crippen MR) is 99.2 cm³/mol. The topological polar surface area (TPSA) is 71.1 Å². The third kappa shape index (κ3) is 8.55. The smallest absolute Gasteiger partial charge is 0.344 e. The van der Waals surface area contributed by atoms with Crippen molar-refractivity contribution in [2.24, 2.45) is 0 Å². The van der Waals surface area contributed by atoms with E-state index in [1.54, 1.807) is 65.8 Å². The predicted octanol–water partition coefficient (Wildman–Crippen LogP) is 3.77. The Morgan fingerprint density at radius 1 is 0.885 bits per heavy atom. The molecule has 1 rings (SSSR count). The van der Waals surface area contributed by atoms with E-state index in [0.29, 0.717) is 11.5 Å². The van der Waals surface area contributed by atoms with Gasteiger partial charge in [-0.15, -0.1) is 0 Å². The Labute approximate surface area is 155 Å². The molecule has 0 fully saturated rings. The van der Waals surface area contributed by atoms with Crippen LogP contribution in [-0.2, 0) is 19.1 Å². The van der Waals surface area contributed by atoms with Crippen molar-refractivity contribution < 1.29 is 28.5 Å². The summed E-state index contributed by atoms with van der Waals surface area (Å²) in [5.74, 6) is -0.357. The molecule has 1 aromatic carbocycles. The molecule has 6 heteroatoms. The molecule has 0 atom stereocenters. The van der Waals surface area contributed by atoms with Crippen LogP contribution in [0.15, 0.2) is 24.8 Å². The maximum Gasteiger partial charge on any atom is 0.344 e. The van der Waals surface area contributed by atoms with Gasteiger partial charge in [0.05, 0.1) is 0 Å². The summed E-state index contributed by atoms with van der Waals surface area (Å²) in [6.07, 6.45) is 1.64. The second kappa shape index (κ2) is 8.74. The molecule has 0 aliphatic carbocycles. The van der Waals surface area contributed by atoms with Crippen LogP contribution >= 0.6 is 0 Å². The van der Waals surface area contributed by atoms with Crippen molar-refractivity contribution in [3.05, 3.63) is 30.3 Å². The van der Waals surface area contributed by atoms with Crippen molar-refractivity contribution >= 4 is 18.0 Å². The molecule has 0 saturated heterocycles. The van der Waals surface area contributed by atoms with Gasteiger partial charge >= 0.3 is 11.9 Å². The molecule has 0 N–H and O–H groups in total. The lowest BCUT2D eigenvalue weighted by atomic mass is 10.2. The first-order valence-electron chi connectivity index (χ1n) is 8.35. The molecule has 6 nitrogen and oxygen atoms in total. The molecule has 0 radical (unpaired) electrons. The average molecular weight is 364 g/mol. The van der Waals surface area contributed by atoms with Crippen molar-refractivity contribution in [2.45, 2.75) is 52.7 Å². The summed E-state index contributed by atoms with van der Waals surface area (Å²) in [4.78, 5) is 23.6. The van der Waals surface area contributed by atoms with Crippen LogP contribution in [0, 0.1) is 0 Å². The summed E-state index contributed by atoms with van der Waals surface area (Å²) >= 11 is 0. The van der Waals surface area contributed by atoms with Crippen LogP contribution in [0.3, 0.4) is 0 Å². The van der Waals surface area contributed by atoms with Gasteiger partial charge < -0.3 is 18.9 Å². The maximum absolute atomic E-state index is 11.8.